The zero-order valence-corrected chi connectivity index (χ0v) is 9.59. The van der Waals surface area contributed by atoms with Crippen molar-refractivity contribution in [1.29, 1.82) is 0 Å². The molecule has 0 fully saturated rings. The van der Waals surface area contributed by atoms with Crippen LogP contribution in [-0.2, 0) is 0 Å². The van der Waals surface area contributed by atoms with Crippen molar-refractivity contribution in [3.8, 4) is 5.75 Å². The molecule has 5 N–H and O–H groups in total. The number of primary amides is 1. The van der Waals surface area contributed by atoms with Crippen molar-refractivity contribution in [3.63, 3.8) is 0 Å². The highest BCUT2D eigenvalue weighted by molar-refractivity contribution is 5.98. The highest BCUT2D eigenvalue weighted by Crippen LogP contribution is 2.26. The molecule has 1 aromatic carbocycles. The SMILES string of the molecule is NC(=O)c1cc2c(OCC(O)CO)cccc2[nH]1. The van der Waals surface area contributed by atoms with Gasteiger partial charge < -0.3 is 25.7 Å². The van der Waals surface area contributed by atoms with Gasteiger partial charge in [0.25, 0.3) is 5.91 Å². The number of carbonyl (C=O) groups excluding carboxylic acids is 1. The number of ether oxygens (including phenoxy) is 1. The number of rotatable bonds is 5. The Bertz CT molecular complexity index is 564. The molecule has 0 aliphatic carbocycles. The molecule has 2 rings (SSSR count). The molecule has 0 saturated carbocycles. The van der Waals surface area contributed by atoms with Gasteiger partial charge in [0.05, 0.1) is 6.61 Å². The maximum atomic E-state index is 11.1. The van der Waals surface area contributed by atoms with Gasteiger partial charge in [0.2, 0.25) is 0 Å². The van der Waals surface area contributed by atoms with E-state index in [2.05, 4.69) is 4.98 Å². The van der Waals surface area contributed by atoms with Gasteiger partial charge in [-0.1, -0.05) is 6.07 Å². The number of aliphatic hydroxyl groups is 2. The number of benzene rings is 1. The Morgan fingerprint density at radius 2 is 2.28 bits per heavy atom. The van der Waals surface area contributed by atoms with Gasteiger partial charge in [-0.05, 0) is 18.2 Å². The minimum Gasteiger partial charge on any atom is -0.490 e. The number of nitrogens with two attached hydrogens (primary N) is 1. The van der Waals surface area contributed by atoms with E-state index in [1.807, 2.05) is 0 Å². The Kier molecular flexibility index (Phi) is 3.50. The molecule has 18 heavy (non-hydrogen) atoms. The number of nitrogens with one attached hydrogen (secondary N) is 1. The zero-order chi connectivity index (χ0) is 13.1. The second kappa shape index (κ2) is 5.07. The number of aliphatic hydroxyl groups excluding tert-OH is 2. The van der Waals surface area contributed by atoms with Crippen molar-refractivity contribution in [1.82, 2.24) is 4.98 Å². The molecular formula is C12H14N2O4. The van der Waals surface area contributed by atoms with Gasteiger partial charge in [0.15, 0.2) is 0 Å². The summed E-state index contributed by atoms with van der Waals surface area (Å²) in [4.78, 5) is 13.9. The van der Waals surface area contributed by atoms with Crippen LogP contribution in [0.2, 0.25) is 0 Å². The predicted molar refractivity (Wildman–Crippen MR) is 65.4 cm³/mol. The first-order valence-corrected chi connectivity index (χ1v) is 5.45. The van der Waals surface area contributed by atoms with Crippen LogP contribution in [0, 0.1) is 0 Å². The Morgan fingerprint density at radius 3 is 2.94 bits per heavy atom. The number of amides is 1. The molecule has 2 aromatic rings. The first-order chi connectivity index (χ1) is 8.61. The minimum atomic E-state index is -0.935. The number of hydrogen-bond donors (Lipinski definition) is 4. The number of fused-ring (bicyclic) bond motifs is 1. The quantitative estimate of drug-likeness (QED) is 0.598. The molecule has 0 aliphatic heterocycles. The Balaban J connectivity index is 2.30. The highest BCUT2D eigenvalue weighted by atomic mass is 16.5. The summed E-state index contributed by atoms with van der Waals surface area (Å²) in [5.74, 6) is -0.0312. The van der Waals surface area contributed by atoms with Crippen LogP contribution in [0.5, 0.6) is 5.75 Å². The second-order valence-corrected chi connectivity index (χ2v) is 3.91. The Labute approximate surface area is 103 Å². The highest BCUT2D eigenvalue weighted by Gasteiger charge is 2.10. The summed E-state index contributed by atoms with van der Waals surface area (Å²) < 4.78 is 5.38. The van der Waals surface area contributed by atoms with Crippen molar-refractivity contribution in [2.75, 3.05) is 13.2 Å². The number of carbonyl (C=O) groups is 1. The molecule has 1 amide bonds. The smallest absolute Gasteiger partial charge is 0.265 e. The van der Waals surface area contributed by atoms with Crippen LogP contribution >= 0.6 is 0 Å². The predicted octanol–water partition coefficient (Wildman–Crippen LogP) is -0.00120. The van der Waals surface area contributed by atoms with Gasteiger partial charge in [-0.15, -0.1) is 0 Å². The normalized spacial score (nSPS) is 12.6. The molecule has 0 aliphatic rings. The van der Waals surface area contributed by atoms with Crippen molar-refractivity contribution < 1.29 is 19.7 Å². The van der Waals surface area contributed by atoms with E-state index in [1.165, 1.54) is 0 Å². The average molecular weight is 250 g/mol. The van der Waals surface area contributed by atoms with Crippen molar-refractivity contribution in [2.45, 2.75) is 6.10 Å². The van der Waals surface area contributed by atoms with E-state index in [4.69, 9.17) is 15.6 Å². The molecule has 1 aromatic heterocycles. The van der Waals surface area contributed by atoms with Crippen molar-refractivity contribution >= 4 is 16.8 Å². The van der Waals surface area contributed by atoms with Crippen LogP contribution in [0.25, 0.3) is 10.9 Å². The standard InChI is InChI=1S/C12H14N2O4/c13-12(17)10-4-8-9(14-10)2-1-3-11(8)18-6-7(16)5-15/h1-4,7,14-16H,5-6H2,(H2,13,17). The summed E-state index contributed by atoms with van der Waals surface area (Å²) in [5.41, 5.74) is 6.20. The lowest BCUT2D eigenvalue weighted by Gasteiger charge is -2.10. The van der Waals surface area contributed by atoms with E-state index in [-0.39, 0.29) is 13.2 Å². The number of aromatic nitrogens is 1. The van der Waals surface area contributed by atoms with E-state index in [1.54, 1.807) is 24.3 Å². The van der Waals surface area contributed by atoms with Crippen LogP contribution in [0.15, 0.2) is 24.3 Å². The van der Waals surface area contributed by atoms with Gasteiger partial charge in [-0.25, -0.2) is 0 Å². The van der Waals surface area contributed by atoms with Crippen LogP contribution in [-0.4, -0.2) is 40.4 Å². The molecule has 1 atom stereocenters. The monoisotopic (exact) mass is 250 g/mol. The van der Waals surface area contributed by atoms with E-state index < -0.39 is 12.0 Å². The summed E-state index contributed by atoms with van der Waals surface area (Å²) in [6, 6.07) is 6.85. The van der Waals surface area contributed by atoms with Crippen LogP contribution < -0.4 is 10.5 Å². The number of hydrogen-bond acceptors (Lipinski definition) is 4. The van der Waals surface area contributed by atoms with Gasteiger partial charge >= 0.3 is 0 Å². The number of aromatic amines is 1. The molecule has 0 spiro atoms. The molecular weight excluding hydrogens is 236 g/mol. The van der Waals surface area contributed by atoms with E-state index in [9.17, 15) is 9.90 Å². The molecule has 6 heteroatoms. The lowest BCUT2D eigenvalue weighted by Crippen LogP contribution is -2.21. The maximum Gasteiger partial charge on any atom is 0.265 e. The molecule has 0 saturated heterocycles. The molecule has 0 radical (unpaired) electrons. The summed E-state index contributed by atoms with van der Waals surface area (Å²) in [6.45, 7) is -0.387. The summed E-state index contributed by atoms with van der Waals surface area (Å²) in [6.07, 6.45) is -0.935. The first kappa shape index (κ1) is 12.4. The van der Waals surface area contributed by atoms with Crippen LogP contribution in [0.3, 0.4) is 0 Å². The fourth-order valence-corrected chi connectivity index (χ4v) is 1.62. The fraction of sp³-hybridized carbons (Fsp3) is 0.250. The van der Waals surface area contributed by atoms with E-state index in [0.29, 0.717) is 16.8 Å². The third kappa shape index (κ3) is 2.44. The van der Waals surface area contributed by atoms with Crippen LogP contribution in [0.1, 0.15) is 10.5 Å². The van der Waals surface area contributed by atoms with Gasteiger partial charge in [0.1, 0.15) is 24.2 Å². The van der Waals surface area contributed by atoms with Crippen molar-refractivity contribution in [3.05, 3.63) is 30.0 Å². The van der Waals surface area contributed by atoms with Gasteiger partial charge in [-0.2, -0.15) is 0 Å². The molecule has 0 bridgehead atoms. The largest absolute Gasteiger partial charge is 0.490 e. The summed E-state index contributed by atoms with van der Waals surface area (Å²) in [7, 11) is 0. The number of H-pyrrole nitrogens is 1. The third-order valence-corrected chi connectivity index (χ3v) is 2.53. The fourth-order valence-electron chi connectivity index (χ4n) is 1.62. The maximum absolute atomic E-state index is 11.1. The Hall–Kier alpha value is -2.05. The zero-order valence-electron chi connectivity index (χ0n) is 9.59. The van der Waals surface area contributed by atoms with Crippen molar-refractivity contribution in [2.24, 2.45) is 5.73 Å². The van der Waals surface area contributed by atoms with E-state index in [0.717, 1.165) is 5.52 Å². The Morgan fingerprint density at radius 1 is 1.50 bits per heavy atom. The molecule has 96 valence electrons. The lowest BCUT2D eigenvalue weighted by molar-refractivity contribution is 0.0541. The van der Waals surface area contributed by atoms with Gasteiger partial charge in [-0.3, -0.25) is 4.79 Å². The second-order valence-electron chi connectivity index (χ2n) is 3.91. The van der Waals surface area contributed by atoms with Crippen LogP contribution in [0.4, 0.5) is 0 Å². The summed E-state index contributed by atoms with van der Waals surface area (Å²) >= 11 is 0. The molecule has 1 unspecified atom stereocenters. The third-order valence-electron chi connectivity index (χ3n) is 2.53. The first-order valence-electron chi connectivity index (χ1n) is 5.45. The molecule has 1 heterocycles. The van der Waals surface area contributed by atoms with E-state index >= 15 is 0 Å². The lowest BCUT2D eigenvalue weighted by atomic mass is 10.2. The molecule has 6 nitrogen and oxygen atoms in total. The summed E-state index contributed by atoms with van der Waals surface area (Å²) in [5, 5.41) is 18.6. The topological polar surface area (TPSA) is 109 Å². The van der Waals surface area contributed by atoms with Gasteiger partial charge in [0, 0.05) is 10.9 Å². The average Bonchev–Trinajstić information content (AvgIpc) is 2.80. The minimum absolute atomic E-state index is 0.0211.